The van der Waals surface area contributed by atoms with E-state index in [1.54, 1.807) is 0 Å². The second-order valence-electron chi connectivity index (χ2n) is 5.94. The SMILES string of the molecule is Cc1nc2cc(N)ccc2n1C(C1CC1)C1CC1. The number of anilines is 1. The summed E-state index contributed by atoms with van der Waals surface area (Å²) < 4.78 is 2.49. The lowest BCUT2D eigenvalue weighted by Crippen LogP contribution is -2.14. The molecule has 18 heavy (non-hydrogen) atoms. The summed E-state index contributed by atoms with van der Waals surface area (Å²) in [4.78, 5) is 4.70. The first-order valence-electron chi connectivity index (χ1n) is 6.98. The third-order valence-corrected chi connectivity index (χ3v) is 4.40. The molecule has 1 aromatic carbocycles. The largest absolute Gasteiger partial charge is 0.399 e. The fourth-order valence-corrected chi connectivity index (χ4v) is 3.29. The lowest BCUT2D eigenvalue weighted by Gasteiger charge is -2.20. The molecule has 0 aliphatic heterocycles. The maximum Gasteiger partial charge on any atom is 0.107 e. The zero-order chi connectivity index (χ0) is 12.3. The summed E-state index contributed by atoms with van der Waals surface area (Å²) in [7, 11) is 0. The number of benzene rings is 1. The minimum Gasteiger partial charge on any atom is -0.399 e. The number of nitrogens with zero attached hydrogens (tertiary/aromatic N) is 2. The topological polar surface area (TPSA) is 43.8 Å². The van der Waals surface area contributed by atoms with Crippen molar-refractivity contribution >= 4 is 16.7 Å². The van der Waals surface area contributed by atoms with Gasteiger partial charge in [0.15, 0.2) is 0 Å². The van der Waals surface area contributed by atoms with Crippen molar-refractivity contribution in [3.63, 3.8) is 0 Å². The zero-order valence-corrected chi connectivity index (χ0v) is 10.8. The number of fused-ring (bicyclic) bond motifs is 1. The summed E-state index contributed by atoms with van der Waals surface area (Å²) >= 11 is 0. The van der Waals surface area contributed by atoms with Crippen molar-refractivity contribution in [2.24, 2.45) is 11.8 Å². The summed E-state index contributed by atoms with van der Waals surface area (Å²) in [5.41, 5.74) is 8.98. The van der Waals surface area contributed by atoms with Gasteiger partial charge in [-0.2, -0.15) is 0 Å². The number of hydrogen-bond acceptors (Lipinski definition) is 2. The van der Waals surface area contributed by atoms with Gasteiger partial charge >= 0.3 is 0 Å². The molecule has 0 bridgehead atoms. The molecule has 0 amide bonds. The minimum atomic E-state index is 0.693. The second-order valence-corrected chi connectivity index (χ2v) is 5.94. The monoisotopic (exact) mass is 241 g/mol. The summed E-state index contributed by atoms with van der Waals surface area (Å²) in [6.07, 6.45) is 5.59. The van der Waals surface area contributed by atoms with Crippen molar-refractivity contribution in [1.29, 1.82) is 0 Å². The lowest BCUT2D eigenvalue weighted by molar-refractivity contribution is 0.397. The molecule has 0 atom stereocenters. The summed E-state index contributed by atoms with van der Waals surface area (Å²) in [6, 6.07) is 6.83. The molecular weight excluding hydrogens is 222 g/mol. The lowest BCUT2D eigenvalue weighted by atomic mass is 10.1. The van der Waals surface area contributed by atoms with E-state index in [2.05, 4.69) is 17.6 Å². The van der Waals surface area contributed by atoms with Crippen molar-refractivity contribution in [3.8, 4) is 0 Å². The minimum absolute atomic E-state index is 0.693. The average Bonchev–Trinajstić information content (AvgIpc) is 3.21. The van der Waals surface area contributed by atoms with Gasteiger partial charge in [-0.05, 0) is 62.6 Å². The molecule has 0 unspecified atom stereocenters. The Kier molecular flexibility index (Phi) is 2.02. The molecule has 94 valence electrons. The first-order chi connectivity index (χ1) is 8.74. The Bertz CT molecular complexity index is 593. The normalized spacial score (nSPS) is 19.9. The van der Waals surface area contributed by atoms with E-state index in [-0.39, 0.29) is 0 Å². The molecule has 4 rings (SSSR count). The molecule has 1 heterocycles. The highest BCUT2D eigenvalue weighted by Gasteiger charge is 2.43. The molecule has 1 aromatic heterocycles. The van der Waals surface area contributed by atoms with Gasteiger partial charge in [-0.25, -0.2) is 4.98 Å². The Hall–Kier alpha value is -1.51. The predicted octanol–water partition coefficient (Wildman–Crippen LogP) is 3.29. The number of hydrogen-bond donors (Lipinski definition) is 1. The molecule has 3 heteroatoms. The van der Waals surface area contributed by atoms with Gasteiger partial charge in [-0.1, -0.05) is 0 Å². The van der Waals surface area contributed by atoms with Crippen LogP contribution in [0.25, 0.3) is 11.0 Å². The third kappa shape index (κ3) is 1.53. The maximum absolute atomic E-state index is 5.85. The molecule has 2 fully saturated rings. The molecule has 2 aromatic rings. The van der Waals surface area contributed by atoms with Gasteiger partial charge in [0.1, 0.15) is 5.82 Å². The van der Waals surface area contributed by atoms with E-state index in [9.17, 15) is 0 Å². The van der Waals surface area contributed by atoms with Crippen LogP contribution in [0.5, 0.6) is 0 Å². The van der Waals surface area contributed by atoms with Gasteiger partial charge in [0.25, 0.3) is 0 Å². The Balaban J connectivity index is 1.89. The maximum atomic E-state index is 5.85. The molecule has 2 aliphatic rings. The van der Waals surface area contributed by atoms with Gasteiger partial charge < -0.3 is 10.3 Å². The highest BCUT2D eigenvalue weighted by atomic mass is 15.1. The summed E-state index contributed by atoms with van der Waals surface area (Å²) in [5.74, 6) is 2.94. The third-order valence-electron chi connectivity index (χ3n) is 4.40. The van der Waals surface area contributed by atoms with E-state index < -0.39 is 0 Å². The van der Waals surface area contributed by atoms with Gasteiger partial charge in [0, 0.05) is 11.7 Å². The Morgan fingerprint density at radius 1 is 1.22 bits per heavy atom. The van der Waals surface area contributed by atoms with Crippen LogP contribution in [0.15, 0.2) is 18.2 Å². The van der Waals surface area contributed by atoms with E-state index in [1.165, 1.54) is 31.2 Å². The molecule has 0 spiro atoms. The van der Waals surface area contributed by atoms with E-state index in [4.69, 9.17) is 10.7 Å². The van der Waals surface area contributed by atoms with Crippen LogP contribution in [0.2, 0.25) is 0 Å². The fraction of sp³-hybridized carbons (Fsp3) is 0.533. The summed E-state index contributed by atoms with van der Waals surface area (Å²) in [6.45, 7) is 2.13. The van der Waals surface area contributed by atoms with E-state index in [0.717, 1.165) is 28.9 Å². The van der Waals surface area contributed by atoms with Gasteiger partial charge in [-0.15, -0.1) is 0 Å². The predicted molar refractivity (Wildman–Crippen MR) is 73.4 cm³/mol. The fourth-order valence-electron chi connectivity index (χ4n) is 3.29. The van der Waals surface area contributed by atoms with Crippen LogP contribution < -0.4 is 5.73 Å². The Morgan fingerprint density at radius 3 is 2.50 bits per heavy atom. The van der Waals surface area contributed by atoms with Crippen LogP contribution in [0.3, 0.4) is 0 Å². The quantitative estimate of drug-likeness (QED) is 0.838. The van der Waals surface area contributed by atoms with Gasteiger partial charge in [0.05, 0.1) is 11.0 Å². The second kappa shape index (κ2) is 3.50. The number of aromatic nitrogens is 2. The van der Waals surface area contributed by atoms with Crippen LogP contribution in [0.1, 0.15) is 37.5 Å². The molecule has 0 radical (unpaired) electrons. The van der Waals surface area contributed by atoms with Crippen LogP contribution >= 0.6 is 0 Å². The smallest absolute Gasteiger partial charge is 0.107 e. The number of nitrogens with two attached hydrogens (primary N) is 1. The number of nitrogen functional groups attached to an aromatic ring is 1. The Labute approximate surface area is 107 Å². The van der Waals surface area contributed by atoms with E-state index in [0.29, 0.717) is 6.04 Å². The number of aryl methyl sites for hydroxylation is 1. The molecule has 2 N–H and O–H groups in total. The van der Waals surface area contributed by atoms with Crippen molar-refractivity contribution in [2.45, 2.75) is 38.6 Å². The van der Waals surface area contributed by atoms with Crippen LogP contribution in [0.4, 0.5) is 5.69 Å². The van der Waals surface area contributed by atoms with Crippen LogP contribution in [0, 0.1) is 18.8 Å². The molecular formula is C15H19N3. The molecule has 3 nitrogen and oxygen atoms in total. The average molecular weight is 241 g/mol. The highest BCUT2D eigenvalue weighted by molar-refractivity contribution is 5.79. The summed E-state index contributed by atoms with van der Waals surface area (Å²) in [5, 5.41) is 0. The van der Waals surface area contributed by atoms with Crippen molar-refractivity contribution in [1.82, 2.24) is 9.55 Å². The number of rotatable bonds is 3. The first kappa shape index (κ1) is 10.4. The van der Waals surface area contributed by atoms with Crippen molar-refractivity contribution < 1.29 is 0 Å². The Morgan fingerprint density at radius 2 is 1.89 bits per heavy atom. The van der Waals surface area contributed by atoms with Crippen LogP contribution in [-0.2, 0) is 0 Å². The molecule has 2 aliphatic carbocycles. The van der Waals surface area contributed by atoms with Crippen LogP contribution in [-0.4, -0.2) is 9.55 Å². The molecule has 0 saturated heterocycles. The van der Waals surface area contributed by atoms with Gasteiger partial charge in [-0.3, -0.25) is 0 Å². The van der Waals surface area contributed by atoms with Crippen molar-refractivity contribution in [2.75, 3.05) is 5.73 Å². The zero-order valence-electron chi connectivity index (χ0n) is 10.8. The van der Waals surface area contributed by atoms with E-state index in [1.807, 2.05) is 12.1 Å². The van der Waals surface area contributed by atoms with E-state index >= 15 is 0 Å². The highest BCUT2D eigenvalue weighted by Crippen LogP contribution is 2.53. The first-order valence-corrected chi connectivity index (χ1v) is 6.98. The van der Waals surface area contributed by atoms with Gasteiger partial charge in [0.2, 0.25) is 0 Å². The number of imidazole rings is 1. The van der Waals surface area contributed by atoms with Crippen molar-refractivity contribution in [3.05, 3.63) is 24.0 Å². The standard InChI is InChI=1S/C15H19N3/c1-9-17-13-8-12(16)6-7-14(13)18(9)15(10-2-3-10)11-4-5-11/h6-8,10-11,15H,2-5,16H2,1H3. The molecule has 2 saturated carbocycles.